The second-order valence-electron chi connectivity index (χ2n) is 4.48. The molecule has 1 unspecified atom stereocenters. The van der Waals surface area contributed by atoms with Crippen LogP contribution in [-0.2, 0) is 0 Å². The molecular formula is C13H18Cl2N2O. The number of amides is 1. The van der Waals surface area contributed by atoms with Crippen LogP contribution in [0.5, 0.6) is 0 Å². The van der Waals surface area contributed by atoms with Crippen LogP contribution < -0.4 is 10.6 Å². The Hall–Kier alpha value is -0.770. The minimum absolute atomic E-state index is 0. The van der Waals surface area contributed by atoms with Crippen molar-refractivity contribution in [1.29, 1.82) is 0 Å². The maximum absolute atomic E-state index is 12.0. The molecule has 3 nitrogen and oxygen atoms in total. The van der Waals surface area contributed by atoms with Crippen molar-refractivity contribution in [2.45, 2.75) is 25.8 Å². The number of hydrogen-bond acceptors (Lipinski definition) is 2. The molecule has 5 heteroatoms. The average Bonchev–Trinajstić information content (AvgIpc) is 2.34. The normalized spacial score (nSPS) is 18.9. The van der Waals surface area contributed by atoms with Crippen molar-refractivity contribution in [2.75, 3.05) is 13.1 Å². The molecule has 1 heterocycles. The first-order valence-corrected chi connectivity index (χ1v) is 6.32. The van der Waals surface area contributed by atoms with Crippen molar-refractivity contribution in [3.63, 3.8) is 0 Å². The van der Waals surface area contributed by atoms with E-state index in [1.807, 2.05) is 13.0 Å². The number of piperidine rings is 1. The molecule has 0 saturated carbocycles. The van der Waals surface area contributed by atoms with Crippen LogP contribution in [0, 0.1) is 6.92 Å². The van der Waals surface area contributed by atoms with E-state index in [2.05, 4.69) is 10.6 Å². The van der Waals surface area contributed by atoms with Crippen molar-refractivity contribution in [1.82, 2.24) is 10.6 Å². The van der Waals surface area contributed by atoms with Gasteiger partial charge in [-0.3, -0.25) is 4.79 Å². The molecule has 1 aromatic carbocycles. The van der Waals surface area contributed by atoms with Crippen LogP contribution in [-0.4, -0.2) is 25.0 Å². The summed E-state index contributed by atoms with van der Waals surface area (Å²) in [4.78, 5) is 12.0. The Morgan fingerprint density at radius 2 is 2.28 bits per heavy atom. The highest BCUT2D eigenvalue weighted by Crippen LogP contribution is 2.16. The third kappa shape index (κ3) is 3.87. The monoisotopic (exact) mass is 288 g/mol. The fourth-order valence-electron chi connectivity index (χ4n) is 2.03. The highest BCUT2D eigenvalue weighted by atomic mass is 35.5. The van der Waals surface area contributed by atoms with Gasteiger partial charge in [0.25, 0.3) is 5.91 Å². The first kappa shape index (κ1) is 15.3. The van der Waals surface area contributed by atoms with Gasteiger partial charge in [0.05, 0.1) is 0 Å². The lowest BCUT2D eigenvalue weighted by molar-refractivity contribution is 0.0930. The van der Waals surface area contributed by atoms with E-state index in [9.17, 15) is 4.79 Å². The summed E-state index contributed by atoms with van der Waals surface area (Å²) in [6, 6.07) is 5.60. The second-order valence-corrected chi connectivity index (χ2v) is 4.89. The van der Waals surface area contributed by atoms with E-state index < -0.39 is 0 Å². The molecule has 1 amide bonds. The van der Waals surface area contributed by atoms with Crippen LogP contribution in [0.2, 0.25) is 5.02 Å². The fourth-order valence-corrected chi connectivity index (χ4v) is 2.15. The number of hydrogen-bond donors (Lipinski definition) is 2. The molecule has 1 saturated heterocycles. The molecule has 0 aromatic heterocycles. The van der Waals surface area contributed by atoms with Gasteiger partial charge in [-0.2, -0.15) is 0 Å². The van der Waals surface area contributed by atoms with Crippen LogP contribution in [0.25, 0.3) is 0 Å². The summed E-state index contributed by atoms with van der Waals surface area (Å²) in [5.74, 6) is -0.0153. The predicted molar refractivity (Wildman–Crippen MR) is 76.8 cm³/mol. The summed E-state index contributed by atoms with van der Waals surface area (Å²) in [6.45, 7) is 3.81. The second kappa shape index (κ2) is 6.98. The topological polar surface area (TPSA) is 41.1 Å². The van der Waals surface area contributed by atoms with Gasteiger partial charge in [0.15, 0.2) is 0 Å². The Bertz CT molecular complexity index is 417. The van der Waals surface area contributed by atoms with Crippen LogP contribution in [0.15, 0.2) is 18.2 Å². The molecule has 18 heavy (non-hydrogen) atoms. The van der Waals surface area contributed by atoms with Crippen LogP contribution in [0.1, 0.15) is 28.8 Å². The number of halogens is 2. The van der Waals surface area contributed by atoms with Gasteiger partial charge < -0.3 is 10.6 Å². The number of nitrogens with one attached hydrogen (secondary N) is 2. The van der Waals surface area contributed by atoms with Gasteiger partial charge in [0.2, 0.25) is 0 Å². The summed E-state index contributed by atoms with van der Waals surface area (Å²) in [7, 11) is 0. The quantitative estimate of drug-likeness (QED) is 0.878. The molecule has 0 spiro atoms. The van der Waals surface area contributed by atoms with E-state index >= 15 is 0 Å². The number of benzene rings is 1. The molecule has 1 aliphatic heterocycles. The molecule has 1 atom stereocenters. The standard InChI is InChI=1S/C13H17ClN2O.ClH/c1-9-7-10(4-5-12(9)14)13(17)16-11-3-2-6-15-8-11;/h4-5,7,11,15H,2-3,6,8H2,1H3,(H,16,17);1H. The lowest BCUT2D eigenvalue weighted by atomic mass is 10.1. The molecule has 0 bridgehead atoms. The predicted octanol–water partition coefficient (Wildman–Crippen LogP) is 2.55. The van der Waals surface area contributed by atoms with E-state index in [-0.39, 0.29) is 24.4 Å². The fraction of sp³-hybridized carbons (Fsp3) is 0.462. The van der Waals surface area contributed by atoms with Gasteiger partial charge in [-0.05, 0) is 50.1 Å². The number of carbonyl (C=O) groups is 1. The summed E-state index contributed by atoms with van der Waals surface area (Å²) < 4.78 is 0. The summed E-state index contributed by atoms with van der Waals surface area (Å²) in [6.07, 6.45) is 2.16. The van der Waals surface area contributed by atoms with E-state index in [0.29, 0.717) is 10.6 Å². The number of carbonyl (C=O) groups excluding carboxylic acids is 1. The van der Waals surface area contributed by atoms with Gasteiger partial charge in [-0.15, -0.1) is 12.4 Å². The van der Waals surface area contributed by atoms with Gasteiger partial charge >= 0.3 is 0 Å². The molecule has 2 rings (SSSR count). The summed E-state index contributed by atoms with van der Waals surface area (Å²) >= 11 is 5.94. The first-order valence-electron chi connectivity index (χ1n) is 5.94. The van der Waals surface area contributed by atoms with Crippen LogP contribution in [0.3, 0.4) is 0 Å². The van der Waals surface area contributed by atoms with Crippen molar-refractivity contribution in [3.8, 4) is 0 Å². The molecular weight excluding hydrogens is 271 g/mol. The van der Waals surface area contributed by atoms with Crippen molar-refractivity contribution >= 4 is 29.9 Å². The Labute approximate surface area is 119 Å². The largest absolute Gasteiger partial charge is 0.348 e. The third-order valence-electron chi connectivity index (χ3n) is 3.05. The zero-order chi connectivity index (χ0) is 12.3. The van der Waals surface area contributed by atoms with Crippen LogP contribution in [0.4, 0.5) is 0 Å². The van der Waals surface area contributed by atoms with Gasteiger partial charge in [0.1, 0.15) is 0 Å². The Morgan fingerprint density at radius 1 is 1.50 bits per heavy atom. The van der Waals surface area contributed by atoms with Gasteiger partial charge in [0, 0.05) is 23.2 Å². The zero-order valence-electron chi connectivity index (χ0n) is 10.3. The van der Waals surface area contributed by atoms with E-state index in [1.54, 1.807) is 12.1 Å². The Morgan fingerprint density at radius 3 is 2.89 bits per heavy atom. The smallest absolute Gasteiger partial charge is 0.251 e. The van der Waals surface area contributed by atoms with E-state index in [1.165, 1.54) is 0 Å². The zero-order valence-corrected chi connectivity index (χ0v) is 11.9. The maximum Gasteiger partial charge on any atom is 0.251 e. The highest BCUT2D eigenvalue weighted by Gasteiger charge is 2.16. The molecule has 1 fully saturated rings. The summed E-state index contributed by atoms with van der Waals surface area (Å²) in [5, 5.41) is 7.01. The lowest BCUT2D eigenvalue weighted by Gasteiger charge is -2.23. The molecule has 100 valence electrons. The van der Waals surface area contributed by atoms with Crippen molar-refractivity contribution < 1.29 is 4.79 Å². The molecule has 2 N–H and O–H groups in total. The van der Waals surface area contributed by atoms with Crippen molar-refractivity contribution in [3.05, 3.63) is 34.3 Å². The van der Waals surface area contributed by atoms with Gasteiger partial charge in [-0.25, -0.2) is 0 Å². The average molecular weight is 289 g/mol. The molecule has 1 aliphatic rings. The minimum Gasteiger partial charge on any atom is -0.348 e. The maximum atomic E-state index is 12.0. The first-order chi connectivity index (χ1) is 8.16. The Kier molecular flexibility index (Phi) is 5.93. The Balaban J connectivity index is 0.00000162. The minimum atomic E-state index is -0.0153. The molecule has 0 radical (unpaired) electrons. The van der Waals surface area contributed by atoms with Gasteiger partial charge in [-0.1, -0.05) is 11.6 Å². The third-order valence-corrected chi connectivity index (χ3v) is 3.48. The van der Waals surface area contributed by atoms with E-state index in [0.717, 1.165) is 31.5 Å². The van der Waals surface area contributed by atoms with Crippen LogP contribution >= 0.6 is 24.0 Å². The highest BCUT2D eigenvalue weighted by molar-refractivity contribution is 6.31. The molecule has 1 aromatic rings. The molecule has 0 aliphatic carbocycles. The van der Waals surface area contributed by atoms with E-state index in [4.69, 9.17) is 11.6 Å². The SMILES string of the molecule is Cc1cc(C(=O)NC2CCCNC2)ccc1Cl.Cl. The number of aryl methyl sites for hydroxylation is 1. The number of rotatable bonds is 2. The van der Waals surface area contributed by atoms with Crippen molar-refractivity contribution in [2.24, 2.45) is 0 Å². The lowest BCUT2D eigenvalue weighted by Crippen LogP contribution is -2.45. The summed E-state index contributed by atoms with van der Waals surface area (Å²) in [5.41, 5.74) is 1.61.